The zero-order valence-corrected chi connectivity index (χ0v) is 13.0. The lowest BCUT2D eigenvalue weighted by Gasteiger charge is -2.34. The van der Waals surface area contributed by atoms with Crippen molar-refractivity contribution < 1.29 is 4.79 Å². The molecule has 1 amide bonds. The average molecular weight is 302 g/mol. The summed E-state index contributed by atoms with van der Waals surface area (Å²) in [5.74, 6) is 0.636. The molecule has 1 aromatic carbocycles. The number of H-pyrrole nitrogens is 2. The van der Waals surface area contributed by atoms with Crippen LogP contribution < -0.4 is 11.0 Å². The van der Waals surface area contributed by atoms with Crippen molar-refractivity contribution in [1.29, 1.82) is 0 Å². The molecule has 22 heavy (non-hydrogen) atoms. The first kappa shape index (κ1) is 14.8. The van der Waals surface area contributed by atoms with E-state index in [0.29, 0.717) is 17.1 Å². The number of carbonyl (C=O) groups excluding carboxylic acids is 1. The maximum Gasteiger partial charge on any atom is 0.323 e. The fourth-order valence-electron chi connectivity index (χ4n) is 3.10. The molecule has 6 heteroatoms. The molecule has 2 heterocycles. The van der Waals surface area contributed by atoms with Crippen molar-refractivity contribution in [2.24, 2.45) is 5.92 Å². The van der Waals surface area contributed by atoms with Crippen LogP contribution in [0.3, 0.4) is 0 Å². The Morgan fingerprint density at radius 1 is 1.36 bits per heavy atom. The zero-order valence-electron chi connectivity index (χ0n) is 13.0. The van der Waals surface area contributed by atoms with Gasteiger partial charge in [0.2, 0.25) is 5.91 Å². The number of imidazole rings is 1. The number of benzene rings is 1. The van der Waals surface area contributed by atoms with E-state index < -0.39 is 0 Å². The molecule has 0 radical (unpaired) electrons. The number of likely N-dealkylation sites (tertiary alicyclic amines) is 1. The molecular weight excluding hydrogens is 280 g/mol. The second-order valence-electron chi connectivity index (χ2n) is 6.25. The van der Waals surface area contributed by atoms with Crippen molar-refractivity contribution in [1.82, 2.24) is 14.9 Å². The van der Waals surface area contributed by atoms with E-state index in [-0.39, 0.29) is 17.6 Å². The van der Waals surface area contributed by atoms with E-state index in [0.717, 1.165) is 25.0 Å². The van der Waals surface area contributed by atoms with Crippen molar-refractivity contribution in [2.45, 2.75) is 32.7 Å². The van der Waals surface area contributed by atoms with Crippen LogP contribution in [0, 0.1) is 5.92 Å². The van der Waals surface area contributed by atoms with E-state index in [1.807, 2.05) is 6.92 Å². The van der Waals surface area contributed by atoms with Gasteiger partial charge in [0.05, 0.1) is 17.1 Å². The number of nitrogens with one attached hydrogen (secondary N) is 3. The first-order valence-electron chi connectivity index (χ1n) is 7.80. The number of aromatic amines is 2. The van der Waals surface area contributed by atoms with Gasteiger partial charge in [-0.1, -0.05) is 6.92 Å². The van der Waals surface area contributed by atoms with Crippen molar-refractivity contribution >= 4 is 22.6 Å². The molecule has 6 nitrogen and oxygen atoms in total. The van der Waals surface area contributed by atoms with Crippen LogP contribution >= 0.6 is 0 Å². The molecule has 118 valence electrons. The van der Waals surface area contributed by atoms with Gasteiger partial charge in [0, 0.05) is 12.2 Å². The lowest BCUT2D eigenvalue weighted by Crippen LogP contribution is -2.46. The second-order valence-corrected chi connectivity index (χ2v) is 6.25. The topological polar surface area (TPSA) is 81.0 Å². The van der Waals surface area contributed by atoms with Gasteiger partial charge in [0.15, 0.2) is 0 Å². The molecule has 1 fully saturated rings. The summed E-state index contributed by atoms with van der Waals surface area (Å²) in [5.41, 5.74) is 1.89. The van der Waals surface area contributed by atoms with Gasteiger partial charge in [-0.3, -0.25) is 9.69 Å². The van der Waals surface area contributed by atoms with Crippen LogP contribution in [0.1, 0.15) is 26.7 Å². The fraction of sp³-hybridized carbons (Fsp3) is 0.500. The SMILES string of the molecule is C[C@@H]1CCCN([C@H](C)C(=O)Nc2ccc3[nH]c(=O)[nH]c3c2)C1. The van der Waals surface area contributed by atoms with Crippen molar-refractivity contribution in [2.75, 3.05) is 18.4 Å². The maximum atomic E-state index is 12.4. The lowest BCUT2D eigenvalue weighted by atomic mass is 9.99. The van der Waals surface area contributed by atoms with Crippen molar-refractivity contribution in [3.63, 3.8) is 0 Å². The summed E-state index contributed by atoms with van der Waals surface area (Å²) in [7, 11) is 0. The highest BCUT2D eigenvalue weighted by Crippen LogP contribution is 2.19. The molecule has 0 saturated carbocycles. The molecule has 1 aromatic heterocycles. The van der Waals surface area contributed by atoms with Crippen LogP contribution in [0.25, 0.3) is 11.0 Å². The van der Waals surface area contributed by atoms with Crippen LogP contribution in [0.5, 0.6) is 0 Å². The predicted molar refractivity (Wildman–Crippen MR) is 87.0 cm³/mol. The fourth-order valence-corrected chi connectivity index (χ4v) is 3.10. The number of aromatic nitrogens is 2. The Morgan fingerprint density at radius 3 is 2.91 bits per heavy atom. The van der Waals surface area contributed by atoms with E-state index in [4.69, 9.17) is 0 Å². The summed E-state index contributed by atoms with van der Waals surface area (Å²) >= 11 is 0. The molecule has 3 N–H and O–H groups in total. The minimum absolute atomic E-state index is 0.00803. The summed E-state index contributed by atoms with van der Waals surface area (Å²) in [6.45, 7) is 6.12. The first-order chi connectivity index (χ1) is 10.5. The highest BCUT2D eigenvalue weighted by molar-refractivity contribution is 5.96. The number of fused-ring (bicyclic) bond motifs is 1. The number of carbonyl (C=O) groups is 1. The Labute approximate surface area is 128 Å². The number of anilines is 1. The summed E-state index contributed by atoms with van der Waals surface area (Å²) in [6, 6.07) is 5.21. The first-order valence-corrected chi connectivity index (χ1v) is 7.80. The van der Waals surface area contributed by atoms with Gasteiger partial charge in [-0.15, -0.1) is 0 Å². The Hall–Kier alpha value is -2.08. The average Bonchev–Trinajstić information content (AvgIpc) is 2.85. The van der Waals surface area contributed by atoms with Crippen LogP contribution in [-0.4, -0.2) is 39.9 Å². The van der Waals surface area contributed by atoms with Gasteiger partial charge >= 0.3 is 5.69 Å². The second kappa shape index (κ2) is 5.96. The highest BCUT2D eigenvalue weighted by atomic mass is 16.2. The third-order valence-electron chi connectivity index (χ3n) is 4.40. The molecule has 2 atom stereocenters. The van der Waals surface area contributed by atoms with Gasteiger partial charge in [0.25, 0.3) is 0 Å². The molecule has 1 aliphatic rings. The largest absolute Gasteiger partial charge is 0.325 e. The number of hydrogen-bond acceptors (Lipinski definition) is 3. The number of rotatable bonds is 3. The molecule has 3 rings (SSSR count). The molecule has 0 unspecified atom stereocenters. The minimum Gasteiger partial charge on any atom is -0.325 e. The Morgan fingerprint density at radius 2 is 2.14 bits per heavy atom. The minimum atomic E-state index is -0.242. The third kappa shape index (κ3) is 3.06. The number of nitrogens with zero attached hydrogens (tertiary/aromatic N) is 1. The van der Waals surface area contributed by atoms with E-state index in [1.165, 1.54) is 6.42 Å². The highest BCUT2D eigenvalue weighted by Gasteiger charge is 2.25. The lowest BCUT2D eigenvalue weighted by molar-refractivity contribution is -0.121. The van der Waals surface area contributed by atoms with Crippen molar-refractivity contribution in [3.8, 4) is 0 Å². The summed E-state index contributed by atoms with van der Waals surface area (Å²) < 4.78 is 0. The van der Waals surface area contributed by atoms with Gasteiger partial charge in [-0.25, -0.2) is 4.79 Å². The van der Waals surface area contributed by atoms with Crippen LogP contribution in [0.4, 0.5) is 5.69 Å². The number of amides is 1. The van der Waals surface area contributed by atoms with E-state index in [1.54, 1.807) is 18.2 Å². The molecule has 0 aliphatic carbocycles. The van der Waals surface area contributed by atoms with Gasteiger partial charge in [0.1, 0.15) is 0 Å². The van der Waals surface area contributed by atoms with Crippen LogP contribution in [0.2, 0.25) is 0 Å². The summed E-state index contributed by atoms with van der Waals surface area (Å²) in [5, 5.41) is 2.94. The Kier molecular flexibility index (Phi) is 4.02. The molecule has 0 bridgehead atoms. The maximum absolute atomic E-state index is 12.4. The molecule has 0 spiro atoms. The quantitative estimate of drug-likeness (QED) is 0.810. The van der Waals surface area contributed by atoms with Gasteiger partial charge in [-0.2, -0.15) is 0 Å². The zero-order chi connectivity index (χ0) is 15.7. The number of hydrogen-bond donors (Lipinski definition) is 3. The molecule has 1 saturated heterocycles. The van der Waals surface area contributed by atoms with E-state index in [9.17, 15) is 9.59 Å². The Balaban J connectivity index is 1.70. The Bertz CT molecular complexity index is 733. The van der Waals surface area contributed by atoms with Gasteiger partial charge < -0.3 is 15.3 Å². The van der Waals surface area contributed by atoms with Gasteiger partial charge in [-0.05, 0) is 50.4 Å². The third-order valence-corrected chi connectivity index (χ3v) is 4.40. The van der Waals surface area contributed by atoms with Crippen LogP contribution in [-0.2, 0) is 4.79 Å². The molecule has 2 aromatic rings. The van der Waals surface area contributed by atoms with Crippen molar-refractivity contribution in [3.05, 3.63) is 28.7 Å². The monoisotopic (exact) mass is 302 g/mol. The standard InChI is InChI=1S/C16H22N4O2/c1-10-4-3-7-20(9-10)11(2)15(21)17-12-5-6-13-14(8-12)19-16(22)18-13/h5-6,8,10-11H,3-4,7,9H2,1-2H3,(H,17,21)(H2,18,19,22)/t10-,11-/m1/s1. The summed E-state index contributed by atoms with van der Waals surface area (Å²) in [4.78, 5) is 31.3. The smallest absolute Gasteiger partial charge is 0.323 e. The molecule has 1 aliphatic heterocycles. The predicted octanol–water partition coefficient (Wildman–Crippen LogP) is 1.92. The summed E-state index contributed by atoms with van der Waals surface area (Å²) in [6.07, 6.45) is 2.39. The van der Waals surface area contributed by atoms with Crippen LogP contribution in [0.15, 0.2) is 23.0 Å². The van der Waals surface area contributed by atoms with E-state index in [2.05, 4.69) is 27.1 Å². The van der Waals surface area contributed by atoms with E-state index >= 15 is 0 Å². The number of piperidine rings is 1. The molecular formula is C16H22N4O2. The normalized spacial score (nSPS) is 20.9.